The third-order valence-corrected chi connectivity index (χ3v) is 5.98. The van der Waals surface area contributed by atoms with Crippen molar-refractivity contribution in [2.24, 2.45) is 0 Å². The van der Waals surface area contributed by atoms with Crippen LogP contribution in [0.4, 0.5) is 0 Å². The van der Waals surface area contributed by atoms with Crippen molar-refractivity contribution in [3.8, 4) is 5.75 Å². The van der Waals surface area contributed by atoms with Crippen LogP contribution in [0, 0.1) is 6.92 Å². The number of piperidine rings is 1. The zero-order valence-electron chi connectivity index (χ0n) is 19.2. The van der Waals surface area contributed by atoms with E-state index in [2.05, 4.69) is 12.6 Å². The normalized spacial score (nSPS) is 14.8. The fourth-order valence-corrected chi connectivity index (χ4v) is 3.99. The maximum Gasteiger partial charge on any atom is 0.335 e. The van der Waals surface area contributed by atoms with E-state index < -0.39 is 5.97 Å². The number of hydrogen-bond acceptors (Lipinski definition) is 4. The highest BCUT2D eigenvalue weighted by molar-refractivity contribution is 7.80. The Morgan fingerprint density at radius 2 is 1.79 bits per heavy atom. The molecule has 1 fully saturated rings. The number of ether oxygens (including phenoxy) is 1. The zero-order chi connectivity index (χ0) is 23.8. The van der Waals surface area contributed by atoms with Crippen molar-refractivity contribution in [2.75, 3.05) is 13.1 Å². The number of carbonyl (C=O) groups excluding carboxylic acids is 1. The quantitative estimate of drug-likeness (QED) is 0.299. The SMILES string of the molecule is CC/C=C(/C=C(/C(=O)N1CCCCC1)c1cc(OCc2ccc(S)cc2)ccc1C)C(=O)O. The number of hydrogen-bond donors (Lipinski definition) is 2. The van der Waals surface area contributed by atoms with Crippen LogP contribution in [0.25, 0.3) is 5.57 Å². The maximum atomic E-state index is 13.5. The second-order valence-electron chi connectivity index (χ2n) is 8.22. The number of likely N-dealkylation sites (tertiary alicyclic amines) is 1. The Bertz CT molecular complexity index is 1050. The predicted octanol–water partition coefficient (Wildman–Crippen LogP) is 5.68. The van der Waals surface area contributed by atoms with Gasteiger partial charge < -0.3 is 14.7 Å². The molecule has 5 nitrogen and oxygen atoms in total. The number of benzene rings is 2. The van der Waals surface area contributed by atoms with Crippen LogP contribution in [0.2, 0.25) is 0 Å². The van der Waals surface area contributed by atoms with Crippen LogP contribution >= 0.6 is 12.6 Å². The third-order valence-electron chi connectivity index (χ3n) is 5.69. The van der Waals surface area contributed by atoms with Gasteiger partial charge in [-0.05, 0) is 79.6 Å². The van der Waals surface area contributed by atoms with Gasteiger partial charge in [-0.25, -0.2) is 4.79 Å². The number of carbonyl (C=O) groups is 2. The van der Waals surface area contributed by atoms with Gasteiger partial charge in [-0.2, -0.15) is 0 Å². The molecule has 0 unspecified atom stereocenters. The molecule has 1 aliphatic rings. The summed E-state index contributed by atoms with van der Waals surface area (Å²) >= 11 is 4.31. The molecule has 33 heavy (non-hydrogen) atoms. The first-order valence-electron chi connectivity index (χ1n) is 11.3. The summed E-state index contributed by atoms with van der Waals surface area (Å²) in [4.78, 5) is 28.1. The number of rotatable bonds is 8. The Labute approximate surface area is 201 Å². The predicted molar refractivity (Wildman–Crippen MR) is 134 cm³/mol. The van der Waals surface area contributed by atoms with Crippen LogP contribution in [0.1, 0.15) is 49.3 Å². The van der Waals surface area contributed by atoms with E-state index in [1.807, 2.05) is 61.2 Å². The number of allylic oxidation sites excluding steroid dienone is 1. The summed E-state index contributed by atoms with van der Waals surface area (Å²) in [6.07, 6.45) is 6.74. The Balaban J connectivity index is 1.96. The first kappa shape index (κ1) is 24.6. The van der Waals surface area contributed by atoms with Crippen molar-refractivity contribution in [1.29, 1.82) is 0 Å². The van der Waals surface area contributed by atoms with Crippen molar-refractivity contribution < 1.29 is 19.4 Å². The standard InChI is InChI=1S/C27H31NO4S/c1-3-7-21(27(30)31)16-25(26(29)28-14-5-4-6-15-28)24-17-22(11-8-19(24)2)32-18-20-9-12-23(33)13-10-20/h7-13,16-17,33H,3-6,14-15,18H2,1-2H3,(H,30,31)/b21-7-,25-16+. The first-order chi connectivity index (χ1) is 15.9. The Hall–Kier alpha value is -2.99. The van der Waals surface area contributed by atoms with Gasteiger partial charge in [0.05, 0.1) is 5.57 Å². The lowest BCUT2D eigenvalue weighted by Gasteiger charge is -2.28. The van der Waals surface area contributed by atoms with Crippen molar-refractivity contribution in [3.63, 3.8) is 0 Å². The summed E-state index contributed by atoms with van der Waals surface area (Å²) in [6, 6.07) is 13.3. The zero-order valence-corrected chi connectivity index (χ0v) is 20.1. The van der Waals surface area contributed by atoms with Gasteiger partial charge >= 0.3 is 5.97 Å². The van der Waals surface area contributed by atoms with E-state index in [1.54, 1.807) is 6.08 Å². The van der Waals surface area contributed by atoms with Gasteiger partial charge in [0.25, 0.3) is 5.91 Å². The highest BCUT2D eigenvalue weighted by atomic mass is 32.1. The molecule has 0 bridgehead atoms. The summed E-state index contributed by atoms with van der Waals surface area (Å²) in [7, 11) is 0. The van der Waals surface area contributed by atoms with Crippen LogP contribution in [0.3, 0.4) is 0 Å². The van der Waals surface area contributed by atoms with E-state index >= 15 is 0 Å². The smallest absolute Gasteiger partial charge is 0.335 e. The van der Waals surface area contributed by atoms with Crippen molar-refractivity contribution in [3.05, 3.63) is 76.9 Å². The highest BCUT2D eigenvalue weighted by Crippen LogP contribution is 2.29. The lowest BCUT2D eigenvalue weighted by molar-refractivity contribution is -0.132. The van der Waals surface area contributed by atoms with Gasteiger partial charge in [0.2, 0.25) is 0 Å². The van der Waals surface area contributed by atoms with Crippen LogP contribution in [-0.4, -0.2) is 35.0 Å². The molecule has 6 heteroatoms. The summed E-state index contributed by atoms with van der Waals surface area (Å²) in [5, 5.41) is 9.68. The molecular formula is C27H31NO4S. The fraction of sp³-hybridized carbons (Fsp3) is 0.333. The minimum Gasteiger partial charge on any atom is -0.489 e. The monoisotopic (exact) mass is 465 g/mol. The molecule has 0 saturated carbocycles. The number of nitrogens with zero attached hydrogens (tertiary/aromatic N) is 1. The number of carboxylic acid groups (broad SMARTS) is 1. The van der Waals surface area contributed by atoms with E-state index in [1.165, 1.54) is 6.08 Å². The summed E-state index contributed by atoms with van der Waals surface area (Å²) in [5.41, 5.74) is 3.10. The molecule has 1 N–H and O–H groups in total. The van der Waals surface area contributed by atoms with Gasteiger partial charge in [0.1, 0.15) is 12.4 Å². The number of amides is 1. The van der Waals surface area contributed by atoms with Gasteiger partial charge in [-0.1, -0.05) is 31.2 Å². The second-order valence-corrected chi connectivity index (χ2v) is 8.73. The molecule has 0 radical (unpaired) electrons. The number of aliphatic carboxylic acids is 1. The minimum absolute atomic E-state index is 0.121. The summed E-state index contributed by atoms with van der Waals surface area (Å²) < 4.78 is 5.99. The molecule has 1 heterocycles. The van der Waals surface area contributed by atoms with E-state index in [0.29, 0.717) is 43.0 Å². The number of aryl methyl sites for hydroxylation is 1. The Kier molecular flexibility index (Phi) is 8.78. The largest absolute Gasteiger partial charge is 0.489 e. The van der Waals surface area contributed by atoms with Crippen molar-refractivity contribution >= 4 is 30.1 Å². The van der Waals surface area contributed by atoms with Crippen molar-refractivity contribution in [2.45, 2.75) is 51.0 Å². The number of carboxylic acids is 1. The molecule has 0 atom stereocenters. The molecule has 0 aromatic heterocycles. The van der Waals surface area contributed by atoms with E-state index in [9.17, 15) is 14.7 Å². The average Bonchev–Trinajstić information content (AvgIpc) is 2.82. The molecule has 174 valence electrons. The molecule has 2 aromatic carbocycles. The minimum atomic E-state index is -1.04. The molecule has 1 amide bonds. The van der Waals surface area contributed by atoms with Gasteiger partial charge in [-0.3, -0.25) is 4.79 Å². The van der Waals surface area contributed by atoms with Crippen molar-refractivity contribution in [1.82, 2.24) is 4.90 Å². The molecule has 0 spiro atoms. The van der Waals surface area contributed by atoms with Crippen LogP contribution < -0.4 is 4.74 Å². The third kappa shape index (κ3) is 6.75. The molecular weight excluding hydrogens is 434 g/mol. The maximum absolute atomic E-state index is 13.5. The second kappa shape index (κ2) is 11.8. The molecule has 2 aromatic rings. The van der Waals surface area contributed by atoms with Gasteiger partial charge in [-0.15, -0.1) is 12.6 Å². The fourth-order valence-electron chi connectivity index (χ4n) is 3.85. The van der Waals surface area contributed by atoms with E-state index in [0.717, 1.165) is 35.3 Å². The topological polar surface area (TPSA) is 66.8 Å². The molecule has 0 aliphatic carbocycles. The number of thiol groups is 1. The Morgan fingerprint density at radius 1 is 1.09 bits per heavy atom. The Morgan fingerprint density at radius 3 is 2.42 bits per heavy atom. The molecule has 1 aliphatic heterocycles. The lowest BCUT2D eigenvalue weighted by atomic mass is 9.95. The van der Waals surface area contributed by atoms with Crippen LogP contribution in [0.15, 0.2) is 65.1 Å². The molecule has 3 rings (SSSR count). The highest BCUT2D eigenvalue weighted by Gasteiger charge is 2.24. The van der Waals surface area contributed by atoms with Crippen LogP contribution in [-0.2, 0) is 16.2 Å². The van der Waals surface area contributed by atoms with E-state index in [-0.39, 0.29) is 11.5 Å². The van der Waals surface area contributed by atoms with Gasteiger partial charge in [0, 0.05) is 23.6 Å². The summed E-state index contributed by atoms with van der Waals surface area (Å²) in [6.45, 7) is 5.55. The molecule has 1 saturated heterocycles. The summed E-state index contributed by atoms with van der Waals surface area (Å²) in [5.74, 6) is -0.555. The average molecular weight is 466 g/mol. The van der Waals surface area contributed by atoms with Crippen LogP contribution in [0.5, 0.6) is 5.75 Å². The lowest BCUT2D eigenvalue weighted by Crippen LogP contribution is -2.36. The van der Waals surface area contributed by atoms with E-state index in [4.69, 9.17) is 4.74 Å². The first-order valence-corrected chi connectivity index (χ1v) is 11.8. The van der Waals surface area contributed by atoms with Gasteiger partial charge in [0.15, 0.2) is 0 Å².